The Hall–Kier alpha value is -2.39. The average molecular weight is 420 g/mol. The first-order valence-corrected chi connectivity index (χ1v) is 11.5. The molecule has 0 bridgehead atoms. The molecule has 1 aromatic heterocycles. The van der Waals surface area contributed by atoms with Crippen LogP contribution in [-0.2, 0) is 30.7 Å². The molecule has 0 saturated carbocycles. The molecule has 0 radical (unpaired) electrons. The molecule has 0 N–H and O–H groups in total. The highest BCUT2D eigenvalue weighted by molar-refractivity contribution is 7.92. The molecule has 2 aliphatic rings. The Morgan fingerprint density at radius 1 is 0.931 bits per heavy atom. The molecule has 0 spiro atoms. The lowest BCUT2D eigenvalue weighted by molar-refractivity contribution is -0.132. The number of carbonyl (C=O) groups is 2. The molecule has 0 aliphatic carbocycles. The normalized spacial score (nSPS) is 17.8. The molecule has 0 atom stereocenters. The quantitative estimate of drug-likeness (QED) is 0.718. The van der Waals surface area contributed by atoms with E-state index in [-0.39, 0.29) is 17.3 Å². The molecular formula is C20H25N3O5S. The zero-order chi connectivity index (χ0) is 20.4. The Morgan fingerprint density at radius 3 is 2.31 bits per heavy atom. The molecule has 2 saturated heterocycles. The molecule has 3 heterocycles. The number of nitrogens with zero attached hydrogens (tertiary/aromatic N) is 3. The number of morpholine rings is 1. The van der Waals surface area contributed by atoms with Crippen LogP contribution in [0.15, 0.2) is 35.4 Å². The number of para-hydroxylation sites is 1. The fourth-order valence-electron chi connectivity index (χ4n) is 3.95. The Morgan fingerprint density at radius 2 is 1.59 bits per heavy atom. The van der Waals surface area contributed by atoms with E-state index in [9.17, 15) is 18.0 Å². The van der Waals surface area contributed by atoms with Crippen molar-refractivity contribution in [2.45, 2.75) is 24.3 Å². The van der Waals surface area contributed by atoms with E-state index < -0.39 is 21.5 Å². The van der Waals surface area contributed by atoms with E-state index in [1.54, 1.807) is 22.8 Å². The minimum absolute atomic E-state index is 0.0170. The molecule has 2 fully saturated rings. The standard InChI is InChI=1S/C20H25N3O5S/c24-19(21-7-3-4-8-21)14-23-13-18(16-5-1-2-6-17(16)23)29(26,27)15-20(25)22-9-11-28-12-10-22/h1-2,5-6,13H,3-4,7-12,14-15H2. The zero-order valence-corrected chi connectivity index (χ0v) is 17.1. The Kier molecular flexibility index (Phi) is 5.60. The molecule has 9 heteroatoms. The summed E-state index contributed by atoms with van der Waals surface area (Å²) in [7, 11) is -3.85. The smallest absolute Gasteiger partial charge is 0.242 e. The van der Waals surface area contributed by atoms with Gasteiger partial charge < -0.3 is 19.1 Å². The number of likely N-dealkylation sites (tertiary alicyclic amines) is 1. The van der Waals surface area contributed by atoms with E-state index >= 15 is 0 Å². The van der Waals surface area contributed by atoms with Crippen molar-refractivity contribution in [2.75, 3.05) is 45.1 Å². The highest BCUT2D eigenvalue weighted by atomic mass is 32.2. The van der Waals surface area contributed by atoms with Gasteiger partial charge in [-0.2, -0.15) is 0 Å². The second-order valence-electron chi connectivity index (χ2n) is 7.48. The second kappa shape index (κ2) is 8.16. The van der Waals surface area contributed by atoms with Gasteiger partial charge in [-0.1, -0.05) is 18.2 Å². The van der Waals surface area contributed by atoms with Crippen LogP contribution in [-0.4, -0.2) is 79.7 Å². The van der Waals surface area contributed by atoms with Crippen LogP contribution >= 0.6 is 0 Å². The summed E-state index contributed by atoms with van der Waals surface area (Å²) in [4.78, 5) is 28.5. The van der Waals surface area contributed by atoms with E-state index in [4.69, 9.17) is 4.74 Å². The van der Waals surface area contributed by atoms with Crippen LogP contribution in [0.3, 0.4) is 0 Å². The third kappa shape index (κ3) is 4.16. The van der Waals surface area contributed by atoms with Crippen LogP contribution in [0.2, 0.25) is 0 Å². The van der Waals surface area contributed by atoms with E-state index in [0.29, 0.717) is 37.2 Å². The van der Waals surface area contributed by atoms with Crippen LogP contribution in [0, 0.1) is 0 Å². The van der Waals surface area contributed by atoms with E-state index in [0.717, 1.165) is 25.9 Å². The van der Waals surface area contributed by atoms with Crippen molar-refractivity contribution in [2.24, 2.45) is 0 Å². The second-order valence-corrected chi connectivity index (χ2v) is 9.44. The van der Waals surface area contributed by atoms with Gasteiger partial charge in [0.05, 0.1) is 18.1 Å². The first-order chi connectivity index (χ1) is 14.0. The molecule has 29 heavy (non-hydrogen) atoms. The summed E-state index contributed by atoms with van der Waals surface area (Å²) >= 11 is 0. The summed E-state index contributed by atoms with van der Waals surface area (Å²) in [6.07, 6.45) is 3.50. The van der Waals surface area contributed by atoms with Crippen molar-refractivity contribution in [3.8, 4) is 0 Å². The zero-order valence-electron chi connectivity index (χ0n) is 16.2. The molecule has 2 aromatic rings. The minimum Gasteiger partial charge on any atom is -0.378 e. The third-order valence-electron chi connectivity index (χ3n) is 5.53. The summed E-state index contributed by atoms with van der Waals surface area (Å²) in [5.41, 5.74) is 0.678. The van der Waals surface area contributed by atoms with E-state index in [2.05, 4.69) is 0 Å². The summed E-state index contributed by atoms with van der Waals surface area (Å²) in [5, 5.41) is 0.538. The number of benzene rings is 1. The lowest BCUT2D eigenvalue weighted by atomic mass is 10.2. The number of hydrogen-bond acceptors (Lipinski definition) is 5. The number of amides is 2. The number of ether oxygens (including phenoxy) is 1. The summed E-state index contributed by atoms with van der Waals surface area (Å²) < 4.78 is 33.0. The first kappa shape index (κ1) is 19.9. The van der Waals surface area contributed by atoms with Gasteiger partial charge in [0.2, 0.25) is 11.8 Å². The monoisotopic (exact) mass is 419 g/mol. The van der Waals surface area contributed by atoms with Crippen LogP contribution in [0.4, 0.5) is 0 Å². The number of rotatable bonds is 5. The Balaban J connectivity index is 1.61. The number of fused-ring (bicyclic) bond motifs is 1. The number of aromatic nitrogens is 1. The fraction of sp³-hybridized carbons (Fsp3) is 0.500. The molecule has 4 rings (SSSR count). The predicted molar refractivity (Wildman–Crippen MR) is 107 cm³/mol. The molecule has 1 aromatic carbocycles. The largest absolute Gasteiger partial charge is 0.378 e. The van der Waals surface area contributed by atoms with Gasteiger partial charge in [0.25, 0.3) is 0 Å². The maximum Gasteiger partial charge on any atom is 0.242 e. The average Bonchev–Trinajstić information content (AvgIpc) is 3.37. The molecule has 2 aliphatic heterocycles. The third-order valence-corrected chi connectivity index (χ3v) is 7.15. The highest BCUT2D eigenvalue weighted by Crippen LogP contribution is 2.27. The molecular weight excluding hydrogens is 394 g/mol. The van der Waals surface area contributed by atoms with Gasteiger partial charge in [-0.05, 0) is 18.9 Å². The Labute approximate surface area is 169 Å². The van der Waals surface area contributed by atoms with Crippen molar-refractivity contribution < 1.29 is 22.7 Å². The summed E-state index contributed by atoms with van der Waals surface area (Å²) in [6, 6.07) is 7.10. The van der Waals surface area contributed by atoms with Crippen molar-refractivity contribution in [1.82, 2.24) is 14.4 Å². The van der Waals surface area contributed by atoms with Gasteiger partial charge in [-0.3, -0.25) is 9.59 Å². The predicted octanol–water partition coefficient (Wildman–Crippen LogP) is 0.896. The van der Waals surface area contributed by atoms with Crippen LogP contribution < -0.4 is 0 Å². The first-order valence-electron chi connectivity index (χ1n) is 9.90. The SMILES string of the molecule is O=C(Cn1cc(S(=O)(=O)CC(=O)N2CCOCC2)c2ccccc21)N1CCCC1. The maximum atomic E-state index is 13.1. The van der Waals surface area contributed by atoms with Gasteiger partial charge >= 0.3 is 0 Å². The van der Waals surface area contributed by atoms with Crippen molar-refractivity contribution in [3.05, 3.63) is 30.5 Å². The van der Waals surface area contributed by atoms with Gasteiger partial charge in [0, 0.05) is 43.3 Å². The lowest BCUT2D eigenvalue weighted by Gasteiger charge is -2.26. The van der Waals surface area contributed by atoms with Gasteiger partial charge in [0.15, 0.2) is 9.84 Å². The number of sulfone groups is 1. The number of carbonyl (C=O) groups excluding carboxylic acids is 2. The van der Waals surface area contributed by atoms with Crippen molar-refractivity contribution >= 4 is 32.6 Å². The summed E-state index contributed by atoms with van der Waals surface area (Å²) in [6.45, 7) is 3.23. The molecule has 156 valence electrons. The minimum atomic E-state index is -3.85. The van der Waals surface area contributed by atoms with Gasteiger partial charge in [0.1, 0.15) is 12.3 Å². The molecule has 8 nitrogen and oxygen atoms in total. The topological polar surface area (TPSA) is 88.9 Å². The number of hydrogen-bond donors (Lipinski definition) is 0. The lowest BCUT2D eigenvalue weighted by Crippen LogP contribution is -2.43. The van der Waals surface area contributed by atoms with Crippen molar-refractivity contribution in [3.63, 3.8) is 0 Å². The highest BCUT2D eigenvalue weighted by Gasteiger charge is 2.28. The van der Waals surface area contributed by atoms with Crippen LogP contribution in [0.5, 0.6) is 0 Å². The van der Waals surface area contributed by atoms with Crippen LogP contribution in [0.1, 0.15) is 12.8 Å². The fourth-order valence-corrected chi connectivity index (χ4v) is 5.41. The van der Waals surface area contributed by atoms with Gasteiger partial charge in [-0.15, -0.1) is 0 Å². The maximum absolute atomic E-state index is 13.1. The van der Waals surface area contributed by atoms with E-state index in [1.165, 1.54) is 11.1 Å². The molecule has 2 amide bonds. The summed E-state index contributed by atoms with van der Waals surface area (Å²) in [5.74, 6) is -1.02. The van der Waals surface area contributed by atoms with Crippen molar-refractivity contribution in [1.29, 1.82) is 0 Å². The van der Waals surface area contributed by atoms with Gasteiger partial charge in [-0.25, -0.2) is 8.42 Å². The van der Waals surface area contributed by atoms with Crippen LogP contribution in [0.25, 0.3) is 10.9 Å². The van der Waals surface area contributed by atoms with E-state index in [1.807, 2.05) is 11.0 Å². The molecule has 0 unspecified atom stereocenters. The Bertz CT molecular complexity index is 1020.